The van der Waals surface area contributed by atoms with Crippen molar-refractivity contribution in [3.05, 3.63) is 0 Å². The predicted molar refractivity (Wildman–Crippen MR) is 122 cm³/mol. The van der Waals surface area contributed by atoms with E-state index in [4.69, 9.17) is 4.74 Å². The van der Waals surface area contributed by atoms with E-state index in [1.54, 1.807) is 0 Å². The SMILES string of the molecule is CCNC(=NCCCOC1CCCCC1)NC1CCN(C(=O)C(C)C)C1.I. The molecule has 0 aromatic heterocycles. The molecule has 6 nitrogen and oxygen atoms in total. The summed E-state index contributed by atoms with van der Waals surface area (Å²) in [6, 6.07) is 0.286. The van der Waals surface area contributed by atoms with E-state index >= 15 is 0 Å². The monoisotopic (exact) mass is 494 g/mol. The number of nitrogens with zero attached hydrogens (tertiary/aromatic N) is 2. The number of guanidine groups is 1. The van der Waals surface area contributed by atoms with E-state index in [2.05, 4.69) is 22.5 Å². The Morgan fingerprint density at radius 3 is 2.63 bits per heavy atom. The zero-order valence-corrected chi connectivity index (χ0v) is 19.7. The van der Waals surface area contributed by atoms with Crippen molar-refractivity contribution in [1.82, 2.24) is 15.5 Å². The van der Waals surface area contributed by atoms with Crippen LogP contribution in [0.5, 0.6) is 0 Å². The normalized spacial score (nSPS) is 21.3. The summed E-state index contributed by atoms with van der Waals surface area (Å²) in [6.07, 6.45) is 8.85. The van der Waals surface area contributed by atoms with Crippen LogP contribution in [-0.4, -0.2) is 61.7 Å². The average molecular weight is 494 g/mol. The van der Waals surface area contributed by atoms with E-state index in [-0.39, 0.29) is 41.8 Å². The molecule has 2 aliphatic rings. The first kappa shape index (κ1) is 24.5. The lowest BCUT2D eigenvalue weighted by Crippen LogP contribution is -2.45. The van der Waals surface area contributed by atoms with Gasteiger partial charge in [0, 0.05) is 44.7 Å². The van der Waals surface area contributed by atoms with Gasteiger partial charge in [0.2, 0.25) is 5.91 Å². The molecule has 0 bridgehead atoms. The number of nitrogens with one attached hydrogen (secondary N) is 2. The van der Waals surface area contributed by atoms with E-state index in [9.17, 15) is 4.79 Å². The lowest BCUT2D eigenvalue weighted by atomic mass is 9.98. The van der Waals surface area contributed by atoms with Gasteiger partial charge in [-0.2, -0.15) is 0 Å². The van der Waals surface area contributed by atoms with Crippen molar-refractivity contribution < 1.29 is 9.53 Å². The summed E-state index contributed by atoms with van der Waals surface area (Å²) in [5.74, 6) is 1.17. The molecule has 1 heterocycles. The fourth-order valence-electron chi connectivity index (χ4n) is 3.69. The number of rotatable bonds is 8. The van der Waals surface area contributed by atoms with E-state index < -0.39 is 0 Å². The third-order valence-electron chi connectivity index (χ3n) is 5.16. The van der Waals surface area contributed by atoms with Gasteiger partial charge in [-0.05, 0) is 32.6 Å². The highest BCUT2D eigenvalue weighted by Crippen LogP contribution is 2.20. The van der Waals surface area contributed by atoms with Crippen LogP contribution in [0.2, 0.25) is 0 Å². The molecule has 0 radical (unpaired) electrons. The standard InChI is InChI=1S/C20H38N4O2.HI/c1-4-21-20(22-12-8-14-26-18-9-6-5-7-10-18)23-17-11-13-24(15-17)19(25)16(2)3;/h16-18H,4-15H2,1-3H3,(H2,21,22,23);1H. The fourth-order valence-corrected chi connectivity index (χ4v) is 3.69. The summed E-state index contributed by atoms with van der Waals surface area (Å²) in [5, 5.41) is 6.80. The summed E-state index contributed by atoms with van der Waals surface area (Å²) < 4.78 is 5.97. The van der Waals surface area contributed by atoms with Gasteiger partial charge >= 0.3 is 0 Å². The fraction of sp³-hybridized carbons (Fsp3) is 0.900. The molecule has 2 N–H and O–H groups in total. The number of carbonyl (C=O) groups excluding carboxylic acids is 1. The van der Waals surface area contributed by atoms with Gasteiger partial charge in [-0.1, -0.05) is 33.1 Å². The molecule has 2 rings (SSSR count). The molecule has 1 saturated carbocycles. The molecule has 7 heteroatoms. The zero-order valence-electron chi connectivity index (χ0n) is 17.3. The van der Waals surface area contributed by atoms with Crippen molar-refractivity contribution in [3.63, 3.8) is 0 Å². The highest BCUT2D eigenvalue weighted by molar-refractivity contribution is 14.0. The van der Waals surface area contributed by atoms with Gasteiger partial charge in [0.25, 0.3) is 0 Å². The molecule has 158 valence electrons. The van der Waals surface area contributed by atoms with Crippen molar-refractivity contribution in [2.75, 3.05) is 32.8 Å². The number of ether oxygens (including phenoxy) is 1. The largest absolute Gasteiger partial charge is 0.378 e. The summed E-state index contributed by atoms with van der Waals surface area (Å²) in [5.41, 5.74) is 0. The Bertz CT molecular complexity index is 453. The Hall–Kier alpha value is -0.570. The van der Waals surface area contributed by atoms with Gasteiger partial charge in [-0.3, -0.25) is 9.79 Å². The third-order valence-corrected chi connectivity index (χ3v) is 5.16. The minimum Gasteiger partial charge on any atom is -0.378 e. The van der Waals surface area contributed by atoms with E-state index in [1.165, 1.54) is 32.1 Å². The topological polar surface area (TPSA) is 66.0 Å². The van der Waals surface area contributed by atoms with Crippen LogP contribution in [0.15, 0.2) is 4.99 Å². The smallest absolute Gasteiger partial charge is 0.225 e. The zero-order chi connectivity index (χ0) is 18.8. The van der Waals surface area contributed by atoms with E-state index in [0.29, 0.717) is 6.10 Å². The summed E-state index contributed by atoms with van der Waals surface area (Å²) in [6.45, 7) is 10.0. The molecule has 1 atom stereocenters. The molecular weight excluding hydrogens is 455 g/mol. The third kappa shape index (κ3) is 8.98. The van der Waals surface area contributed by atoms with Crippen LogP contribution in [0.3, 0.4) is 0 Å². The van der Waals surface area contributed by atoms with Crippen molar-refractivity contribution in [1.29, 1.82) is 0 Å². The molecule has 0 aromatic rings. The Kier molecular flexibility index (Phi) is 12.3. The lowest BCUT2D eigenvalue weighted by molar-refractivity contribution is -0.133. The van der Waals surface area contributed by atoms with Gasteiger partial charge in [-0.15, -0.1) is 24.0 Å². The maximum absolute atomic E-state index is 12.1. The summed E-state index contributed by atoms with van der Waals surface area (Å²) in [7, 11) is 0. The quantitative estimate of drug-likeness (QED) is 0.236. The number of aliphatic imine (C=N–C) groups is 1. The van der Waals surface area contributed by atoms with Crippen molar-refractivity contribution in [2.45, 2.75) is 77.9 Å². The second-order valence-corrected chi connectivity index (χ2v) is 7.81. The first-order chi connectivity index (χ1) is 12.6. The van der Waals surface area contributed by atoms with Crippen molar-refractivity contribution >= 4 is 35.8 Å². The van der Waals surface area contributed by atoms with Crippen LogP contribution in [0.4, 0.5) is 0 Å². The number of hydrogen-bond donors (Lipinski definition) is 2. The molecule has 1 aliphatic heterocycles. The highest BCUT2D eigenvalue weighted by Gasteiger charge is 2.27. The first-order valence-electron chi connectivity index (χ1n) is 10.6. The van der Waals surface area contributed by atoms with E-state index in [0.717, 1.165) is 51.6 Å². The highest BCUT2D eigenvalue weighted by atomic mass is 127. The Morgan fingerprint density at radius 1 is 1.22 bits per heavy atom. The van der Waals surface area contributed by atoms with Crippen LogP contribution in [-0.2, 0) is 9.53 Å². The molecule has 27 heavy (non-hydrogen) atoms. The maximum Gasteiger partial charge on any atom is 0.225 e. The van der Waals surface area contributed by atoms with Gasteiger partial charge in [0.1, 0.15) is 0 Å². The second-order valence-electron chi connectivity index (χ2n) is 7.81. The Balaban J connectivity index is 0.00000364. The van der Waals surface area contributed by atoms with Crippen LogP contribution < -0.4 is 10.6 Å². The van der Waals surface area contributed by atoms with Gasteiger partial charge in [0.15, 0.2) is 5.96 Å². The van der Waals surface area contributed by atoms with Crippen molar-refractivity contribution in [3.8, 4) is 0 Å². The van der Waals surface area contributed by atoms with Gasteiger partial charge in [0.05, 0.1) is 6.10 Å². The molecule has 0 aromatic carbocycles. The summed E-state index contributed by atoms with van der Waals surface area (Å²) >= 11 is 0. The lowest BCUT2D eigenvalue weighted by Gasteiger charge is -2.22. The molecule has 0 spiro atoms. The predicted octanol–water partition coefficient (Wildman–Crippen LogP) is 3.16. The minimum atomic E-state index is 0. The van der Waals surface area contributed by atoms with Crippen molar-refractivity contribution in [2.24, 2.45) is 10.9 Å². The second kappa shape index (κ2) is 13.6. The first-order valence-corrected chi connectivity index (χ1v) is 10.6. The molecule has 1 aliphatic carbocycles. The number of carbonyl (C=O) groups is 1. The number of likely N-dealkylation sites (tertiary alicyclic amines) is 1. The maximum atomic E-state index is 12.1. The van der Waals surface area contributed by atoms with Crippen LogP contribution in [0.25, 0.3) is 0 Å². The molecule has 1 amide bonds. The van der Waals surface area contributed by atoms with Crippen LogP contribution in [0, 0.1) is 5.92 Å². The van der Waals surface area contributed by atoms with Crippen LogP contribution >= 0.6 is 24.0 Å². The Labute approximate surface area is 182 Å². The molecule has 1 saturated heterocycles. The van der Waals surface area contributed by atoms with Crippen LogP contribution in [0.1, 0.15) is 65.7 Å². The van der Waals surface area contributed by atoms with E-state index in [1.807, 2.05) is 18.7 Å². The number of hydrogen-bond acceptors (Lipinski definition) is 3. The molecule has 2 fully saturated rings. The number of halogens is 1. The van der Waals surface area contributed by atoms with Gasteiger partial charge < -0.3 is 20.3 Å². The van der Waals surface area contributed by atoms with Gasteiger partial charge in [-0.25, -0.2) is 0 Å². The Morgan fingerprint density at radius 2 is 1.96 bits per heavy atom. The summed E-state index contributed by atoms with van der Waals surface area (Å²) in [4.78, 5) is 18.8. The molecule has 1 unspecified atom stereocenters. The number of amides is 1. The average Bonchev–Trinajstić information content (AvgIpc) is 3.10. The molecular formula is C20H39IN4O2. The minimum absolute atomic E-state index is 0.